The van der Waals surface area contributed by atoms with Gasteiger partial charge in [0.05, 0.1) is 35.2 Å². The first-order valence-corrected chi connectivity index (χ1v) is 10.5. The van der Waals surface area contributed by atoms with E-state index < -0.39 is 6.43 Å². The predicted molar refractivity (Wildman–Crippen MR) is 118 cm³/mol. The SMILES string of the molecule is COC1CC(C(N)c2cccc(-c3ccc4cnn(-c5cccc(C(F)F)n5)c4c3)n2)C1. The number of hydrogen-bond donors (Lipinski definition) is 1. The molecular formula is C24H23F2N5O. The number of aromatic nitrogens is 4. The van der Waals surface area contributed by atoms with E-state index in [4.69, 9.17) is 15.5 Å². The van der Waals surface area contributed by atoms with E-state index in [0.717, 1.165) is 40.7 Å². The molecule has 1 fully saturated rings. The monoisotopic (exact) mass is 435 g/mol. The van der Waals surface area contributed by atoms with Gasteiger partial charge in [0.15, 0.2) is 5.82 Å². The van der Waals surface area contributed by atoms with Crippen molar-refractivity contribution in [1.29, 1.82) is 0 Å². The van der Waals surface area contributed by atoms with E-state index in [-0.39, 0.29) is 17.8 Å². The number of hydrogen-bond acceptors (Lipinski definition) is 5. The standard InChI is InChI=1S/C24H23F2N5O/c1-32-17-10-16(11-17)23(27)19-5-2-4-18(29-19)14-8-9-15-13-28-31(21(15)12-14)22-7-3-6-20(30-22)24(25)26/h2-9,12-13,16-17,23-24H,10-11,27H2,1H3. The van der Waals surface area contributed by atoms with Gasteiger partial charge in [-0.2, -0.15) is 5.10 Å². The zero-order chi connectivity index (χ0) is 22.2. The van der Waals surface area contributed by atoms with Gasteiger partial charge < -0.3 is 10.5 Å². The molecule has 32 heavy (non-hydrogen) atoms. The maximum atomic E-state index is 13.1. The Morgan fingerprint density at radius 3 is 2.59 bits per heavy atom. The van der Waals surface area contributed by atoms with Crippen LogP contribution in [0.5, 0.6) is 0 Å². The van der Waals surface area contributed by atoms with Crippen LogP contribution in [0.4, 0.5) is 8.78 Å². The van der Waals surface area contributed by atoms with Gasteiger partial charge in [-0.05, 0) is 49.1 Å². The van der Waals surface area contributed by atoms with Crippen LogP contribution in [0.25, 0.3) is 28.0 Å². The van der Waals surface area contributed by atoms with E-state index in [9.17, 15) is 8.78 Å². The maximum Gasteiger partial charge on any atom is 0.280 e. The number of ether oxygens (including phenoxy) is 1. The van der Waals surface area contributed by atoms with E-state index in [1.54, 1.807) is 30.1 Å². The van der Waals surface area contributed by atoms with Gasteiger partial charge >= 0.3 is 0 Å². The summed E-state index contributed by atoms with van der Waals surface area (Å²) in [5.74, 6) is 0.705. The summed E-state index contributed by atoms with van der Waals surface area (Å²) in [5.41, 5.74) is 9.49. The number of fused-ring (bicyclic) bond motifs is 1. The van der Waals surface area contributed by atoms with E-state index >= 15 is 0 Å². The summed E-state index contributed by atoms with van der Waals surface area (Å²) in [6, 6.07) is 16.1. The Hall–Kier alpha value is -3.23. The van der Waals surface area contributed by atoms with Crippen molar-refractivity contribution in [3.8, 4) is 17.1 Å². The highest BCUT2D eigenvalue weighted by Gasteiger charge is 2.34. The minimum Gasteiger partial charge on any atom is -0.381 e. The van der Waals surface area contributed by atoms with Gasteiger partial charge in [-0.25, -0.2) is 18.4 Å². The van der Waals surface area contributed by atoms with Gasteiger partial charge in [0.1, 0.15) is 5.69 Å². The van der Waals surface area contributed by atoms with Crippen LogP contribution < -0.4 is 5.73 Å². The van der Waals surface area contributed by atoms with Crippen molar-refractivity contribution in [1.82, 2.24) is 19.7 Å². The molecule has 8 heteroatoms. The Morgan fingerprint density at radius 1 is 1.03 bits per heavy atom. The van der Waals surface area contributed by atoms with Crippen molar-refractivity contribution in [3.63, 3.8) is 0 Å². The van der Waals surface area contributed by atoms with Crippen LogP contribution in [0, 0.1) is 5.92 Å². The molecule has 1 unspecified atom stereocenters. The highest BCUT2D eigenvalue weighted by atomic mass is 19.3. The Kier molecular flexibility index (Phi) is 5.40. The van der Waals surface area contributed by atoms with Crippen molar-refractivity contribution in [2.45, 2.75) is 31.4 Å². The van der Waals surface area contributed by atoms with E-state index in [1.165, 1.54) is 6.07 Å². The zero-order valence-corrected chi connectivity index (χ0v) is 17.5. The molecule has 1 atom stereocenters. The lowest BCUT2D eigenvalue weighted by Gasteiger charge is -2.37. The lowest BCUT2D eigenvalue weighted by Crippen LogP contribution is -2.37. The van der Waals surface area contributed by atoms with Crippen LogP contribution in [0.15, 0.2) is 60.8 Å². The van der Waals surface area contributed by atoms with Gasteiger partial charge in [-0.3, -0.25) is 4.98 Å². The van der Waals surface area contributed by atoms with Crippen LogP contribution in [-0.2, 0) is 4.74 Å². The molecule has 1 aliphatic rings. The molecule has 1 aliphatic carbocycles. The lowest BCUT2D eigenvalue weighted by atomic mass is 9.76. The summed E-state index contributed by atoms with van der Waals surface area (Å²) in [6.45, 7) is 0. The fraction of sp³-hybridized carbons (Fsp3) is 0.292. The molecule has 0 saturated heterocycles. The van der Waals surface area contributed by atoms with Crippen molar-refractivity contribution in [2.24, 2.45) is 11.7 Å². The topological polar surface area (TPSA) is 78.9 Å². The predicted octanol–water partition coefficient (Wildman–Crippen LogP) is 4.84. The molecule has 2 N–H and O–H groups in total. The van der Waals surface area contributed by atoms with E-state index in [0.29, 0.717) is 11.7 Å². The van der Waals surface area contributed by atoms with Crippen LogP contribution in [0.3, 0.4) is 0 Å². The third kappa shape index (κ3) is 3.76. The third-order valence-electron chi connectivity index (χ3n) is 6.15. The van der Waals surface area contributed by atoms with Crippen molar-refractivity contribution < 1.29 is 13.5 Å². The molecule has 1 aromatic carbocycles. The smallest absolute Gasteiger partial charge is 0.280 e. The first-order chi connectivity index (χ1) is 15.5. The molecule has 6 nitrogen and oxygen atoms in total. The molecule has 0 spiro atoms. The number of pyridine rings is 2. The van der Waals surface area contributed by atoms with E-state index in [1.807, 2.05) is 36.4 Å². The van der Waals surface area contributed by atoms with E-state index in [2.05, 4.69) is 10.1 Å². The number of methoxy groups -OCH3 is 1. The molecule has 4 aromatic rings. The Balaban J connectivity index is 1.48. The first kappa shape index (κ1) is 20.7. The summed E-state index contributed by atoms with van der Waals surface area (Å²) >= 11 is 0. The summed E-state index contributed by atoms with van der Waals surface area (Å²) in [6.07, 6.45) is 1.23. The molecule has 1 saturated carbocycles. The molecule has 164 valence electrons. The number of alkyl halides is 2. The number of nitrogens with zero attached hydrogens (tertiary/aromatic N) is 4. The summed E-state index contributed by atoms with van der Waals surface area (Å²) in [5, 5.41) is 5.24. The van der Waals surface area contributed by atoms with Gasteiger partial charge in [-0.1, -0.05) is 24.3 Å². The van der Waals surface area contributed by atoms with Crippen LogP contribution >= 0.6 is 0 Å². The summed E-state index contributed by atoms with van der Waals surface area (Å²) in [7, 11) is 1.73. The van der Waals surface area contributed by atoms with Crippen molar-refractivity contribution >= 4 is 10.9 Å². The van der Waals surface area contributed by atoms with Crippen LogP contribution in [0.2, 0.25) is 0 Å². The lowest BCUT2D eigenvalue weighted by molar-refractivity contribution is -0.00820. The fourth-order valence-corrected chi connectivity index (χ4v) is 4.17. The van der Waals surface area contributed by atoms with Crippen LogP contribution in [0.1, 0.15) is 36.7 Å². The quantitative estimate of drug-likeness (QED) is 0.469. The van der Waals surface area contributed by atoms with Crippen LogP contribution in [-0.4, -0.2) is 33.0 Å². The molecule has 0 aliphatic heterocycles. The molecule has 3 heterocycles. The minimum atomic E-state index is -2.64. The molecule has 3 aromatic heterocycles. The largest absolute Gasteiger partial charge is 0.381 e. The second-order valence-corrected chi connectivity index (χ2v) is 8.11. The Morgan fingerprint density at radius 2 is 1.81 bits per heavy atom. The van der Waals surface area contributed by atoms with Gasteiger partial charge in [-0.15, -0.1) is 0 Å². The fourth-order valence-electron chi connectivity index (χ4n) is 4.17. The minimum absolute atomic E-state index is 0.142. The Bertz CT molecular complexity index is 1250. The third-order valence-corrected chi connectivity index (χ3v) is 6.15. The van der Waals surface area contributed by atoms with Crippen molar-refractivity contribution in [3.05, 3.63) is 72.2 Å². The normalized spacial score (nSPS) is 19.3. The summed E-state index contributed by atoms with van der Waals surface area (Å²) in [4.78, 5) is 8.88. The zero-order valence-electron chi connectivity index (χ0n) is 17.5. The van der Waals surface area contributed by atoms with Gasteiger partial charge in [0.25, 0.3) is 6.43 Å². The molecule has 0 radical (unpaired) electrons. The number of benzene rings is 1. The Labute approximate surface area is 184 Å². The molecule has 5 rings (SSSR count). The number of nitrogens with two attached hydrogens (primary N) is 1. The summed E-state index contributed by atoms with van der Waals surface area (Å²) < 4.78 is 33.1. The first-order valence-electron chi connectivity index (χ1n) is 10.5. The average molecular weight is 435 g/mol. The molecule has 0 amide bonds. The second kappa shape index (κ2) is 8.37. The second-order valence-electron chi connectivity index (χ2n) is 8.11. The van der Waals surface area contributed by atoms with Gasteiger partial charge in [0.2, 0.25) is 0 Å². The number of rotatable bonds is 6. The molecular weight excluding hydrogens is 412 g/mol. The average Bonchev–Trinajstić information content (AvgIpc) is 3.22. The van der Waals surface area contributed by atoms with Crippen molar-refractivity contribution in [2.75, 3.05) is 7.11 Å². The van der Waals surface area contributed by atoms with Gasteiger partial charge in [0, 0.05) is 18.1 Å². The number of halogens is 2. The maximum absolute atomic E-state index is 13.1. The highest BCUT2D eigenvalue weighted by Crippen LogP contribution is 2.38. The molecule has 0 bridgehead atoms. The highest BCUT2D eigenvalue weighted by molar-refractivity contribution is 5.84.